The summed E-state index contributed by atoms with van der Waals surface area (Å²) >= 11 is 0. The van der Waals surface area contributed by atoms with Crippen LogP contribution in [0.3, 0.4) is 0 Å². The Morgan fingerprint density at radius 3 is 1.60 bits per heavy atom. The van der Waals surface area contributed by atoms with Gasteiger partial charge in [0.2, 0.25) is 0 Å². The molecule has 0 amide bonds. The normalized spacial score (nSPS) is 13.8. The van der Waals surface area contributed by atoms with Crippen molar-refractivity contribution in [2.24, 2.45) is 0 Å². The molecule has 0 spiro atoms. The van der Waals surface area contributed by atoms with E-state index in [0.717, 1.165) is 0 Å². The first kappa shape index (κ1) is 23.8. The van der Waals surface area contributed by atoms with Crippen LogP contribution in [0.1, 0.15) is 61.3 Å². The SMILES string of the molecule is C=C/C(C)=C\C=C(/C=C)N1CCCC1.CC.CC.CC. The predicted molar refractivity (Wildman–Crippen MR) is 97.1 cm³/mol. The van der Waals surface area contributed by atoms with E-state index in [1.165, 1.54) is 37.2 Å². The van der Waals surface area contributed by atoms with Crippen LogP contribution in [0, 0.1) is 0 Å². The molecule has 1 fully saturated rings. The lowest BCUT2D eigenvalue weighted by atomic mass is 10.2. The third-order valence-corrected chi connectivity index (χ3v) is 2.52. The minimum Gasteiger partial charge on any atom is -0.372 e. The molecular formula is C19H37N. The summed E-state index contributed by atoms with van der Waals surface area (Å²) < 4.78 is 0. The van der Waals surface area contributed by atoms with Gasteiger partial charge in [0.15, 0.2) is 0 Å². The molecule has 0 aromatic heterocycles. The second-order valence-electron chi connectivity index (χ2n) is 3.60. The van der Waals surface area contributed by atoms with Crippen LogP contribution < -0.4 is 0 Å². The maximum atomic E-state index is 3.84. The minimum absolute atomic E-state index is 1.17. The van der Waals surface area contributed by atoms with Crippen molar-refractivity contribution in [1.29, 1.82) is 0 Å². The van der Waals surface area contributed by atoms with Gasteiger partial charge < -0.3 is 4.90 Å². The number of rotatable bonds is 4. The summed E-state index contributed by atoms with van der Waals surface area (Å²) in [4.78, 5) is 2.37. The number of hydrogen-bond donors (Lipinski definition) is 0. The Balaban J connectivity index is -0.000000425. The van der Waals surface area contributed by atoms with E-state index in [2.05, 4.69) is 30.2 Å². The first-order valence-corrected chi connectivity index (χ1v) is 8.16. The van der Waals surface area contributed by atoms with Crippen LogP contribution >= 0.6 is 0 Å². The van der Waals surface area contributed by atoms with Crippen molar-refractivity contribution in [3.05, 3.63) is 48.7 Å². The van der Waals surface area contributed by atoms with Gasteiger partial charge in [-0.1, -0.05) is 72.4 Å². The molecule has 0 radical (unpaired) electrons. The van der Waals surface area contributed by atoms with Crippen molar-refractivity contribution in [2.45, 2.75) is 61.3 Å². The molecule has 20 heavy (non-hydrogen) atoms. The Bertz CT molecular complexity index is 265. The third-order valence-electron chi connectivity index (χ3n) is 2.52. The number of likely N-dealkylation sites (tertiary alicyclic amines) is 1. The first-order chi connectivity index (χ1) is 9.77. The summed E-state index contributed by atoms with van der Waals surface area (Å²) in [5.74, 6) is 0. The molecular weight excluding hydrogens is 242 g/mol. The van der Waals surface area contributed by atoms with Gasteiger partial charge in [-0.25, -0.2) is 0 Å². The fraction of sp³-hybridized carbons (Fsp3) is 0.579. The Morgan fingerprint density at radius 1 is 0.800 bits per heavy atom. The molecule has 0 atom stereocenters. The average molecular weight is 280 g/mol. The molecule has 1 nitrogen and oxygen atoms in total. The average Bonchev–Trinajstić information content (AvgIpc) is 3.08. The van der Waals surface area contributed by atoms with Crippen molar-refractivity contribution in [2.75, 3.05) is 13.1 Å². The smallest absolute Gasteiger partial charge is 0.0360 e. The zero-order chi connectivity index (χ0) is 16.4. The Labute approximate surface area is 128 Å². The minimum atomic E-state index is 1.17. The zero-order valence-corrected chi connectivity index (χ0v) is 15.0. The summed E-state index contributed by atoms with van der Waals surface area (Å²) in [7, 11) is 0. The lowest BCUT2D eigenvalue weighted by molar-refractivity contribution is 0.441. The molecule has 0 unspecified atom stereocenters. The van der Waals surface area contributed by atoms with Gasteiger partial charge >= 0.3 is 0 Å². The third kappa shape index (κ3) is 11.8. The van der Waals surface area contributed by atoms with Crippen LogP contribution in [0.2, 0.25) is 0 Å². The van der Waals surface area contributed by atoms with Gasteiger partial charge in [-0.3, -0.25) is 0 Å². The zero-order valence-electron chi connectivity index (χ0n) is 15.0. The molecule has 118 valence electrons. The van der Waals surface area contributed by atoms with E-state index in [1.807, 2.05) is 60.6 Å². The van der Waals surface area contributed by atoms with E-state index in [0.29, 0.717) is 0 Å². The fourth-order valence-corrected chi connectivity index (χ4v) is 1.56. The molecule has 0 bridgehead atoms. The Kier molecular flexibility index (Phi) is 23.9. The highest BCUT2D eigenvalue weighted by Crippen LogP contribution is 2.15. The van der Waals surface area contributed by atoms with Gasteiger partial charge in [0, 0.05) is 18.8 Å². The number of hydrogen-bond acceptors (Lipinski definition) is 1. The van der Waals surface area contributed by atoms with Gasteiger partial charge in [-0.2, -0.15) is 0 Å². The maximum Gasteiger partial charge on any atom is 0.0360 e. The topological polar surface area (TPSA) is 3.24 Å². The Hall–Kier alpha value is -1.24. The highest BCUT2D eigenvalue weighted by Gasteiger charge is 2.11. The lowest BCUT2D eigenvalue weighted by Gasteiger charge is -2.17. The highest BCUT2D eigenvalue weighted by atomic mass is 15.1. The largest absolute Gasteiger partial charge is 0.372 e. The van der Waals surface area contributed by atoms with Crippen molar-refractivity contribution in [3.8, 4) is 0 Å². The van der Waals surface area contributed by atoms with E-state index >= 15 is 0 Å². The number of nitrogens with zero attached hydrogens (tertiary/aromatic N) is 1. The van der Waals surface area contributed by atoms with Crippen LogP contribution in [0.5, 0.6) is 0 Å². The second kappa shape index (κ2) is 20.1. The van der Waals surface area contributed by atoms with Gasteiger partial charge in [0.25, 0.3) is 0 Å². The van der Waals surface area contributed by atoms with Crippen molar-refractivity contribution in [1.82, 2.24) is 4.90 Å². The monoisotopic (exact) mass is 279 g/mol. The van der Waals surface area contributed by atoms with E-state index < -0.39 is 0 Å². The second-order valence-corrected chi connectivity index (χ2v) is 3.60. The maximum absolute atomic E-state index is 3.84. The molecule has 1 aliphatic heterocycles. The molecule has 0 aliphatic carbocycles. The molecule has 0 aromatic rings. The molecule has 1 rings (SSSR count). The van der Waals surface area contributed by atoms with Crippen LogP contribution in [0.15, 0.2) is 48.7 Å². The summed E-state index contributed by atoms with van der Waals surface area (Å²) in [6, 6.07) is 0. The summed E-state index contributed by atoms with van der Waals surface area (Å²) in [5, 5.41) is 0. The van der Waals surface area contributed by atoms with Gasteiger partial charge in [0.05, 0.1) is 0 Å². The van der Waals surface area contributed by atoms with Crippen LogP contribution in [0.4, 0.5) is 0 Å². The molecule has 0 saturated carbocycles. The lowest BCUT2D eigenvalue weighted by Crippen LogP contribution is -2.16. The molecule has 1 saturated heterocycles. The van der Waals surface area contributed by atoms with Crippen molar-refractivity contribution >= 4 is 0 Å². The van der Waals surface area contributed by atoms with Gasteiger partial charge in [-0.15, -0.1) is 0 Å². The standard InChI is InChI=1S/C13H19N.3C2H6/c1-4-12(3)8-9-13(5-2)14-10-6-7-11-14;3*1-2/h4-5,8-9H,1-2,6-7,10-11H2,3H3;3*1-2H3/b12-8-,13-9+;;;. The van der Waals surface area contributed by atoms with E-state index in [4.69, 9.17) is 0 Å². The van der Waals surface area contributed by atoms with E-state index in [1.54, 1.807) is 0 Å². The fourth-order valence-electron chi connectivity index (χ4n) is 1.56. The van der Waals surface area contributed by atoms with Crippen LogP contribution in [0.25, 0.3) is 0 Å². The quantitative estimate of drug-likeness (QED) is 0.541. The van der Waals surface area contributed by atoms with E-state index in [-0.39, 0.29) is 0 Å². The first-order valence-electron chi connectivity index (χ1n) is 8.16. The summed E-state index contributed by atoms with van der Waals surface area (Å²) in [5.41, 5.74) is 2.41. The van der Waals surface area contributed by atoms with Crippen molar-refractivity contribution < 1.29 is 0 Å². The molecule has 0 N–H and O–H groups in total. The number of allylic oxidation sites excluding steroid dienone is 5. The summed E-state index contributed by atoms with van der Waals surface area (Å²) in [6.45, 7) is 24.0. The molecule has 1 heteroatoms. The predicted octanol–water partition coefficient (Wildman–Crippen LogP) is 6.36. The highest BCUT2D eigenvalue weighted by molar-refractivity contribution is 5.27. The van der Waals surface area contributed by atoms with Crippen LogP contribution in [-0.2, 0) is 0 Å². The molecule has 1 aliphatic rings. The van der Waals surface area contributed by atoms with Crippen LogP contribution in [-0.4, -0.2) is 18.0 Å². The molecule has 0 aromatic carbocycles. The Morgan fingerprint density at radius 2 is 1.25 bits per heavy atom. The molecule has 1 heterocycles. The van der Waals surface area contributed by atoms with E-state index in [9.17, 15) is 0 Å². The van der Waals surface area contributed by atoms with Gasteiger partial charge in [-0.05, 0) is 31.9 Å². The summed E-state index contributed by atoms with van der Waals surface area (Å²) in [6.07, 6.45) is 10.6. The van der Waals surface area contributed by atoms with Crippen molar-refractivity contribution in [3.63, 3.8) is 0 Å². The van der Waals surface area contributed by atoms with Gasteiger partial charge in [0.1, 0.15) is 0 Å².